The highest BCUT2D eigenvalue weighted by molar-refractivity contribution is 7.90. The average molecular weight is 1440 g/mol. The summed E-state index contributed by atoms with van der Waals surface area (Å²) in [5.74, 6) is -1.45. The molecule has 0 radical (unpaired) electrons. The summed E-state index contributed by atoms with van der Waals surface area (Å²) in [6.45, 7) is 6.93. The van der Waals surface area contributed by atoms with Gasteiger partial charge in [-0.25, -0.2) is 13.4 Å². The van der Waals surface area contributed by atoms with E-state index in [-0.39, 0.29) is 48.3 Å². The number of carbonyl (C=O) groups excluding carboxylic acids is 3. The minimum atomic E-state index is -4.43. The molecule has 0 spiro atoms. The van der Waals surface area contributed by atoms with Gasteiger partial charge >= 0.3 is 12.4 Å². The summed E-state index contributed by atoms with van der Waals surface area (Å²) in [4.78, 5) is 62.6. The highest BCUT2D eigenvalue weighted by Gasteiger charge is 2.31. The Morgan fingerprint density at radius 1 is 0.442 bits per heavy atom. The summed E-state index contributed by atoms with van der Waals surface area (Å²) >= 11 is 0. The van der Waals surface area contributed by atoms with Gasteiger partial charge < -0.3 is 20.9 Å². The van der Waals surface area contributed by atoms with Gasteiger partial charge in [-0.3, -0.25) is 54.4 Å². The molecule has 2 fully saturated rings. The molecule has 9 heterocycles. The molecule has 6 N–H and O–H groups in total. The topological polar surface area (TPSA) is 269 Å². The Morgan fingerprint density at radius 2 is 0.788 bits per heavy atom. The smallest absolute Gasteiger partial charge is 0.321 e. The van der Waals surface area contributed by atoms with Crippen LogP contribution in [-0.2, 0) is 41.8 Å². The molecule has 2 aliphatic rings. The van der Waals surface area contributed by atoms with Crippen LogP contribution in [0.2, 0.25) is 0 Å². The first-order valence-corrected chi connectivity index (χ1v) is 34.6. The summed E-state index contributed by atoms with van der Waals surface area (Å²) in [6.07, 6.45) is 12.0. The van der Waals surface area contributed by atoms with E-state index in [0.29, 0.717) is 32.9 Å². The Bertz CT molecular complexity index is 5090. The molecule has 28 heteroatoms. The molecule has 5 aromatic carbocycles. The summed E-state index contributed by atoms with van der Waals surface area (Å²) in [5.41, 5.74) is 10.9. The van der Waals surface area contributed by atoms with Crippen LogP contribution in [0, 0.1) is 0 Å². The lowest BCUT2D eigenvalue weighted by Gasteiger charge is -2.26. The molecule has 2 saturated heterocycles. The van der Waals surface area contributed by atoms with Crippen LogP contribution in [0.5, 0.6) is 0 Å². The predicted octanol–water partition coefficient (Wildman–Crippen LogP) is 15.8. The number of aromatic nitrogens is 10. The lowest BCUT2D eigenvalue weighted by atomic mass is 10.0. The van der Waals surface area contributed by atoms with Gasteiger partial charge in [-0.2, -0.15) is 41.6 Å². The second-order valence-corrected chi connectivity index (χ2v) is 27.3. The van der Waals surface area contributed by atoms with Crippen molar-refractivity contribution < 1.29 is 49.1 Å². The fourth-order valence-electron chi connectivity index (χ4n) is 12.1. The number of piperidine rings is 2. The normalized spacial score (nSPS) is 13.6. The van der Waals surface area contributed by atoms with Gasteiger partial charge in [0.15, 0.2) is 31.9 Å². The fraction of sp³-hybridized carbons (Fsp3) is 0.263. The molecule has 14 rings (SSSR count). The monoisotopic (exact) mass is 1440 g/mol. The van der Waals surface area contributed by atoms with Crippen LogP contribution < -0.4 is 16.0 Å². The zero-order valence-corrected chi connectivity index (χ0v) is 56.4. The van der Waals surface area contributed by atoms with E-state index in [4.69, 9.17) is 0 Å². The number of likely N-dealkylation sites (tertiary alicyclic amines) is 2. The standard InChI is InChI=1S/C26H24F3N5O.C25H26N6O3S.C23H20F3N5O.2CH4/c27-26(28,29)20-5-7-21(8-6-20)31-25(35)24-22-13-18(4-9-23(22)32-33-24)19-12-17(14-30-15-19)16-34-10-2-1-3-11-34;1-35(33,34)23-8-6-20(15-27-23)28-25(32)24-21-12-18(5-7-22(21)29-30-24)19-11-17(13-26-14-19)16-31-9-3-2-4-10-31;1-31(2)13-14-9-16(12-27-11-14)15-3-8-20-19(10-15)21(30-29-20)22(32)28-18-6-4-17(5-7-18)23(24,25)26;;/h4-9,12-15H,1-3,10-11,16H2,(H,31,35)(H,32,33);5-8,11-15H,2-4,9-10,16H2,1H3,(H,28,32)(H,29,30);3-12H,13H2,1-2H3,(H,28,32)(H,29,30);2*1H4. The number of hydrogen-bond donors (Lipinski definition) is 6. The largest absolute Gasteiger partial charge is 0.416 e. The number of benzene rings is 5. The second kappa shape index (κ2) is 32.9. The molecule has 540 valence electrons. The summed E-state index contributed by atoms with van der Waals surface area (Å²) in [7, 11) is 0.544. The van der Waals surface area contributed by atoms with E-state index in [2.05, 4.69) is 88.4 Å². The Balaban J connectivity index is 0.000000166. The number of fused-ring (bicyclic) bond motifs is 3. The number of nitrogens with zero attached hydrogens (tertiary/aromatic N) is 10. The minimum absolute atomic E-state index is 0. The first-order chi connectivity index (χ1) is 48.9. The zero-order valence-electron chi connectivity index (χ0n) is 55.6. The van der Waals surface area contributed by atoms with Crippen molar-refractivity contribution >= 4 is 77.3 Å². The maximum atomic E-state index is 12.9. The molecule has 21 nitrogen and oxygen atoms in total. The fourth-order valence-corrected chi connectivity index (χ4v) is 12.7. The van der Waals surface area contributed by atoms with Crippen molar-refractivity contribution in [1.29, 1.82) is 0 Å². The van der Waals surface area contributed by atoms with E-state index < -0.39 is 51.0 Å². The summed E-state index contributed by atoms with van der Waals surface area (Å²) in [5, 5.41) is 30.8. The lowest BCUT2D eigenvalue weighted by Crippen LogP contribution is -2.29. The van der Waals surface area contributed by atoms with Crippen molar-refractivity contribution in [2.45, 2.75) is 90.4 Å². The van der Waals surface area contributed by atoms with Crippen LogP contribution in [-0.4, -0.2) is 138 Å². The number of pyridine rings is 4. The Morgan fingerprint density at radius 3 is 1.12 bits per heavy atom. The molecule has 104 heavy (non-hydrogen) atoms. The van der Waals surface area contributed by atoms with Crippen LogP contribution in [0.1, 0.15) is 113 Å². The zero-order chi connectivity index (χ0) is 71.7. The van der Waals surface area contributed by atoms with Crippen LogP contribution in [0.4, 0.5) is 43.4 Å². The van der Waals surface area contributed by atoms with E-state index in [1.54, 1.807) is 12.4 Å². The molecule has 7 aromatic heterocycles. The number of sulfone groups is 1. The van der Waals surface area contributed by atoms with Gasteiger partial charge in [-0.15, -0.1) is 0 Å². The number of aromatic amines is 3. The molecule has 0 saturated carbocycles. The molecule has 0 unspecified atom stereocenters. The quantitative estimate of drug-likeness (QED) is 0.0491. The number of rotatable bonds is 16. The van der Waals surface area contributed by atoms with E-state index in [1.807, 2.05) is 104 Å². The van der Waals surface area contributed by atoms with Crippen molar-refractivity contribution in [2.75, 3.05) is 62.5 Å². The van der Waals surface area contributed by atoms with Gasteiger partial charge in [0.25, 0.3) is 17.7 Å². The number of H-pyrrole nitrogens is 3. The maximum Gasteiger partial charge on any atom is 0.416 e. The minimum Gasteiger partial charge on any atom is -0.321 e. The number of halogens is 6. The Kier molecular flexibility index (Phi) is 23.9. The van der Waals surface area contributed by atoms with Gasteiger partial charge in [0.1, 0.15) is 0 Å². The van der Waals surface area contributed by atoms with Gasteiger partial charge in [0.2, 0.25) is 0 Å². The maximum absolute atomic E-state index is 12.9. The van der Waals surface area contributed by atoms with Crippen molar-refractivity contribution in [3.8, 4) is 33.4 Å². The van der Waals surface area contributed by atoms with Crippen LogP contribution in [0.25, 0.3) is 66.1 Å². The molecule has 0 bridgehead atoms. The van der Waals surface area contributed by atoms with E-state index in [0.717, 1.165) is 126 Å². The molecule has 2 aliphatic heterocycles. The predicted molar refractivity (Wildman–Crippen MR) is 391 cm³/mol. The molecule has 3 amide bonds. The molecule has 0 atom stereocenters. The molecule has 12 aromatic rings. The Labute approximate surface area is 596 Å². The van der Waals surface area contributed by atoms with Crippen LogP contribution in [0.15, 0.2) is 182 Å². The van der Waals surface area contributed by atoms with Crippen molar-refractivity contribution in [1.82, 2.24) is 65.2 Å². The number of anilines is 3. The lowest BCUT2D eigenvalue weighted by molar-refractivity contribution is -0.138. The number of alkyl halides is 6. The summed E-state index contributed by atoms with van der Waals surface area (Å²) < 4.78 is 99.8. The third kappa shape index (κ3) is 19.0. The van der Waals surface area contributed by atoms with Gasteiger partial charge in [-0.05, 0) is 215 Å². The molecular formula is C76H78F6N16O5S. The second-order valence-electron chi connectivity index (χ2n) is 25.3. The number of amides is 3. The van der Waals surface area contributed by atoms with Crippen LogP contribution in [0.3, 0.4) is 0 Å². The van der Waals surface area contributed by atoms with Gasteiger partial charge in [0, 0.05) is 107 Å². The van der Waals surface area contributed by atoms with Crippen LogP contribution >= 0.6 is 0 Å². The van der Waals surface area contributed by atoms with Crippen molar-refractivity contribution in [3.05, 3.63) is 222 Å². The van der Waals surface area contributed by atoms with E-state index in [1.165, 1.54) is 86.7 Å². The molecule has 0 aliphatic carbocycles. The number of nitrogens with one attached hydrogen (secondary N) is 6. The third-order valence-corrected chi connectivity index (χ3v) is 18.2. The van der Waals surface area contributed by atoms with Crippen molar-refractivity contribution in [3.63, 3.8) is 0 Å². The molecular weight excluding hydrogens is 1360 g/mol. The Hall–Kier alpha value is -11.1. The van der Waals surface area contributed by atoms with Gasteiger partial charge in [0.05, 0.1) is 39.6 Å². The average Bonchev–Trinajstić information content (AvgIpc) is 1.64. The van der Waals surface area contributed by atoms with E-state index in [9.17, 15) is 49.1 Å². The van der Waals surface area contributed by atoms with Crippen molar-refractivity contribution in [2.24, 2.45) is 0 Å². The van der Waals surface area contributed by atoms with Gasteiger partial charge in [-0.1, -0.05) is 45.9 Å². The third-order valence-electron chi connectivity index (χ3n) is 17.2. The SMILES string of the molecule is C.C.CN(C)Cc1cncc(-c2ccc3[nH]nc(C(=O)Nc4ccc(C(F)(F)F)cc4)c3c2)c1.CS(=O)(=O)c1ccc(NC(=O)c2n[nH]c3ccc(-c4cncc(CN5CCCCC5)c4)cc23)cn1.O=C(Nc1ccc(C(F)(F)F)cc1)c1n[nH]c2ccc(-c3cncc(CN4CCCCC4)c3)cc12. The summed E-state index contributed by atoms with van der Waals surface area (Å²) in [6, 6.07) is 34.8. The first kappa shape index (κ1) is 75.6. The highest BCUT2D eigenvalue weighted by atomic mass is 32.2. The first-order valence-electron chi connectivity index (χ1n) is 32.8. The van der Waals surface area contributed by atoms with E-state index >= 15 is 0 Å². The number of hydrogen-bond acceptors (Lipinski definition) is 15. The number of carbonyl (C=O) groups is 3. The highest BCUT2D eigenvalue weighted by Crippen LogP contribution is 2.34.